The van der Waals surface area contributed by atoms with Crippen LogP contribution in [0.3, 0.4) is 0 Å². The van der Waals surface area contributed by atoms with Gasteiger partial charge in [0.05, 0.1) is 6.54 Å². The Morgan fingerprint density at radius 3 is 3.06 bits per heavy atom. The zero-order chi connectivity index (χ0) is 13.0. The maximum atomic E-state index is 11.7. The molecule has 0 unspecified atom stereocenters. The summed E-state index contributed by atoms with van der Waals surface area (Å²) in [4.78, 5) is 25.1. The van der Waals surface area contributed by atoms with Crippen LogP contribution in [0, 0.1) is 0 Å². The normalized spacial score (nSPS) is 16.4. The minimum absolute atomic E-state index is 0.197. The first-order valence-electron chi connectivity index (χ1n) is 5.92. The van der Waals surface area contributed by atoms with Gasteiger partial charge in [0.1, 0.15) is 0 Å². The number of rotatable bonds is 4. The molecule has 1 amide bonds. The van der Waals surface area contributed by atoms with Crippen molar-refractivity contribution in [3.8, 4) is 0 Å². The van der Waals surface area contributed by atoms with E-state index >= 15 is 0 Å². The van der Waals surface area contributed by atoms with Crippen molar-refractivity contribution in [2.24, 2.45) is 0 Å². The molecule has 4 nitrogen and oxygen atoms in total. The number of hydrogen-bond acceptors (Lipinski definition) is 3. The first kappa shape index (κ1) is 12.8. The van der Waals surface area contributed by atoms with Crippen LogP contribution in [0.15, 0.2) is 17.5 Å². The minimum atomic E-state index is -0.957. The van der Waals surface area contributed by atoms with Gasteiger partial charge in [0.25, 0.3) is 0 Å². The second-order valence-corrected chi connectivity index (χ2v) is 5.24. The van der Waals surface area contributed by atoms with Gasteiger partial charge in [0, 0.05) is 23.9 Å². The fourth-order valence-corrected chi connectivity index (χ4v) is 2.87. The van der Waals surface area contributed by atoms with Gasteiger partial charge in [-0.2, -0.15) is 0 Å². The number of aliphatic carboxylic acids is 1. The lowest BCUT2D eigenvalue weighted by Crippen LogP contribution is -2.34. The quantitative estimate of drug-likeness (QED) is 0.850. The fourth-order valence-electron chi connectivity index (χ4n) is 1.99. The van der Waals surface area contributed by atoms with Crippen LogP contribution in [0.25, 0.3) is 6.08 Å². The maximum Gasteiger partial charge on any atom is 0.328 e. The van der Waals surface area contributed by atoms with Gasteiger partial charge in [-0.15, -0.1) is 11.3 Å². The lowest BCUT2D eigenvalue weighted by Gasteiger charge is -2.26. The van der Waals surface area contributed by atoms with Crippen molar-refractivity contribution < 1.29 is 14.7 Å². The lowest BCUT2D eigenvalue weighted by atomic mass is 10.1. The molecule has 1 aliphatic rings. The van der Waals surface area contributed by atoms with Gasteiger partial charge in [0.15, 0.2) is 0 Å². The molecule has 96 valence electrons. The molecule has 0 atom stereocenters. The molecule has 1 aliphatic heterocycles. The fraction of sp³-hybridized carbons (Fsp3) is 0.385. The molecule has 1 N–H and O–H groups in total. The minimum Gasteiger partial charge on any atom is -0.478 e. The summed E-state index contributed by atoms with van der Waals surface area (Å²) in [6.07, 6.45) is 5.38. The summed E-state index contributed by atoms with van der Waals surface area (Å²) in [5.41, 5.74) is 0.890. The van der Waals surface area contributed by atoms with Crippen molar-refractivity contribution in [2.45, 2.75) is 25.8 Å². The van der Waals surface area contributed by atoms with Gasteiger partial charge in [0.2, 0.25) is 5.91 Å². The highest BCUT2D eigenvalue weighted by molar-refractivity contribution is 7.10. The molecule has 0 radical (unpaired) electrons. The van der Waals surface area contributed by atoms with Crippen LogP contribution in [0.1, 0.15) is 29.7 Å². The zero-order valence-corrected chi connectivity index (χ0v) is 10.8. The van der Waals surface area contributed by atoms with Crippen LogP contribution in [0.4, 0.5) is 0 Å². The zero-order valence-electron chi connectivity index (χ0n) is 9.96. The van der Waals surface area contributed by atoms with E-state index in [0.29, 0.717) is 13.0 Å². The Morgan fingerprint density at radius 1 is 1.50 bits per heavy atom. The molecule has 0 spiro atoms. The highest BCUT2D eigenvalue weighted by Gasteiger charge is 2.19. The van der Waals surface area contributed by atoms with Crippen LogP contribution in [0.2, 0.25) is 0 Å². The Hall–Kier alpha value is -1.62. The highest BCUT2D eigenvalue weighted by atomic mass is 32.1. The molecule has 1 saturated heterocycles. The summed E-state index contributed by atoms with van der Waals surface area (Å²) in [6.45, 7) is 1.40. The van der Waals surface area contributed by atoms with E-state index in [9.17, 15) is 9.59 Å². The maximum absolute atomic E-state index is 11.7. The smallest absolute Gasteiger partial charge is 0.328 e. The van der Waals surface area contributed by atoms with E-state index in [2.05, 4.69) is 0 Å². The third-order valence-corrected chi connectivity index (χ3v) is 3.86. The molecule has 1 aromatic heterocycles. The van der Waals surface area contributed by atoms with E-state index in [0.717, 1.165) is 35.9 Å². The Labute approximate surface area is 110 Å². The van der Waals surface area contributed by atoms with Gasteiger partial charge in [-0.05, 0) is 35.9 Å². The van der Waals surface area contributed by atoms with Crippen LogP contribution >= 0.6 is 11.3 Å². The van der Waals surface area contributed by atoms with Crippen LogP contribution in [-0.2, 0) is 16.1 Å². The van der Waals surface area contributed by atoms with Crippen LogP contribution < -0.4 is 0 Å². The number of thiophene rings is 1. The van der Waals surface area contributed by atoms with E-state index in [-0.39, 0.29) is 5.91 Å². The Balaban J connectivity index is 2.07. The number of carboxylic acids is 1. The van der Waals surface area contributed by atoms with Crippen LogP contribution in [-0.4, -0.2) is 28.4 Å². The van der Waals surface area contributed by atoms with E-state index in [1.165, 1.54) is 0 Å². The molecule has 0 aromatic carbocycles. The lowest BCUT2D eigenvalue weighted by molar-refractivity contribution is -0.134. The summed E-state index contributed by atoms with van der Waals surface area (Å²) < 4.78 is 0. The summed E-state index contributed by atoms with van der Waals surface area (Å²) in [6, 6.07) is 1.88. The standard InChI is InChI=1S/C13H15NO3S/c15-12-3-1-2-7-14(12)9-11-10(6-8-18-11)4-5-13(16)17/h4-6,8H,1-3,7,9H2,(H,16,17)/b5-4+. The predicted molar refractivity (Wildman–Crippen MR) is 70.3 cm³/mol. The van der Waals surface area contributed by atoms with Gasteiger partial charge >= 0.3 is 5.97 Å². The molecule has 0 bridgehead atoms. The third kappa shape index (κ3) is 3.20. The number of carboxylic acid groups (broad SMARTS) is 1. The molecular formula is C13H15NO3S. The second kappa shape index (κ2) is 5.82. The van der Waals surface area contributed by atoms with Crippen molar-refractivity contribution in [2.75, 3.05) is 6.54 Å². The molecule has 1 aromatic rings. The third-order valence-electron chi connectivity index (χ3n) is 2.94. The van der Waals surface area contributed by atoms with Crippen molar-refractivity contribution >= 4 is 29.3 Å². The van der Waals surface area contributed by atoms with Crippen molar-refractivity contribution in [3.05, 3.63) is 28.0 Å². The molecule has 0 aliphatic carbocycles. The van der Waals surface area contributed by atoms with Gasteiger partial charge in [-0.25, -0.2) is 4.79 Å². The number of piperidine rings is 1. The summed E-state index contributed by atoms with van der Waals surface area (Å²) in [5.74, 6) is -0.760. The van der Waals surface area contributed by atoms with Crippen molar-refractivity contribution in [1.82, 2.24) is 4.90 Å². The number of nitrogens with zero attached hydrogens (tertiary/aromatic N) is 1. The molecule has 2 heterocycles. The van der Waals surface area contributed by atoms with Crippen molar-refractivity contribution in [3.63, 3.8) is 0 Å². The van der Waals surface area contributed by atoms with Crippen LogP contribution in [0.5, 0.6) is 0 Å². The topological polar surface area (TPSA) is 57.6 Å². The number of carbonyl (C=O) groups is 2. The Bertz CT molecular complexity index is 478. The average molecular weight is 265 g/mol. The van der Waals surface area contributed by atoms with E-state index in [4.69, 9.17) is 5.11 Å². The summed E-state index contributed by atoms with van der Waals surface area (Å²) in [7, 11) is 0. The molecule has 2 rings (SSSR count). The SMILES string of the molecule is O=C(O)/C=C/c1ccsc1CN1CCCCC1=O. The van der Waals surface area contributed by atoms with E-state index in [1.807, 2.05) is 16.3 Å². The Morgan fingerprint density at radius 2 is 2.33 bits per heavy atom. The second-order valence-electron chi connectivity index (χ2n) is 4.24. The Kier molecular flexibility index (Phi) is 4.15. The van der Waals surface area contributed by atoms with E-state index < -0.39 is 5.97 Å². The summed E-state index contributed by atoms with van der Waals surface area (Å²) in [5, 5.41) is 10.5. The van der Waals surface area contributed by atoms with Crippen molar-refractivity contribution in [1.29, 1.82) is 0 Å². The first-order valence-corrected chi connectivity index (χ1v) is 6.80. The number of hydrogen-bond donors (Lipinski definition) is 1. The largest absolute Gasteiger partial charge is 0.478 e. The average Bonchev–Trinajstić information content (AvgIpc) is 2.77. The first-order chi connectivity index (χ1) is 8.66. The molecular weight excluding hydrogens is 250 g/mol. The summed E-state index contributed by atoms with van der Waals surface area (Å²) >= 11 is 1.56. The molecule has 1 fully saturated rings. The van der Waals surface area contributed by atoms with Gasteiger partial charge in [-0.3, -0.25) is 4.79 Å². The molecule has 18 heavy (non-hydrogen) atoms. The number of carbonyl (C=O) groups excluding carboxylic acids is 1. The molecule has 5 heteroatoms. The van der Waals surface area contributed by atoms with E-state index in [1.54, 1.807) is 17.4 Å². The number of likely N-dealkylation sites (tertiary alicyclic amines) is 1. The monoisotopic (exact) mass is 265 g/mol. The van der Waals surface area contributed by atoms with Gasteiger partial charge in [-0.1, -0.05) is 0 Å². The predicted octanol–water partition coefficient (Wildman–Crippen LogP) is 2.36. The number of amides is 1. The van der Waals surface area contributed by atoms with Gasteiger partial charge < -0.3 is 10.0 Å². The highest BCUT2D eigenvalue weighted by Crippen LogP contribution is 2.22. The molecule has 0 saturated carbocycles.